The van der Waals surface area contributed by atoms with Crippen molar-refractivity contribution in [1.29, 1.82) is 0 Å². The molecule has 104 valence electrons. The van der Waals surface area contributed by atoms with Crippen LogP contribution in [-0.2, 0) is 9.59 Å². The highest BCUT2D eigenvalue weighted by molar-refractivity contribution is 5.78. The molecule has 0 radical (unpaired) electrons. The third-order valence-corrected chi connectivity index (χ3v) is 2.07. The highest BCUT2D eigenvalue weighted by atomic mass is 16.5. The van der Waals surface area contributed by atoms with E-state index >= 15 is 0 Å². The molecule has 1 aromatic rings. The van der Waals surface area contributed by atoms with Crippen molar-refractivity contribution in [1.82, 2.24) is 9.97 Å². The van der Waals surface area contributed by atoms with Crippen LogP contribution in [-0.4, -0.2) is 51.8 Å². The molecule has 1 heterocycles. The first-order chi connectivity index (χ1) is 8.92. The van der Waals surface area contributed by atoms with Gasteiger partial charge in [-0.2, -0.15) is 4.98 Å². The average molecular weight is 269 g/mol. The summed E-state index contributed by atoms with van der Waals surface area (Å²) in [7, 11) is 0. The van der Waals surface area contributed by atoms with Crippen LogP contribution in [0.2, 0.25) is 0 Å². The van der Waals surface area contributed by atoms with Crippen molar-refractivity contribution < 1.29 is 24.5 Å². The number of anilines is 1. The van der Waals surface area contributed by atoms with E-state index < -0.39 is 25.0 Å². The summed E-state index contributed by atoms with van der Waals surface area (Å²) in [5, 5.41) is 17.6. The number of nitrogens with zero attached hydrogens (tertiary/aromatic N) is 3. The molecule has 19 heavy (non-hydrogen) atoms. The lowest BCUT2D eigenvalue weighted by Gasteiger charge is -2.20. The van der Waals surface area contributed by atoms with Gasteiger partial charge in [-0.05, 0) is 13.8 Å². The second-order valence-corrected chi connectivity index (χ2v) is 3.69. The van der Waals surface area contributed by atoms with Crippen LogP contribution < -0.4 is 9.64 Å². The molecular formula is C11H15N3O5. The Morgan fingerprint density at radius 2 is 1.84 bits per heavy atom. The Labute approximate surface area is 109 Å². The van der Waals surface area contributed by atoms with Gasteiger partial charge in [-0.3, -0.25) is 9.59 Å². The summed E-state index contributed by atoms with van der Waals surface area (Å²) >= 11 is 0. The Bertz CT molecular complexity index is 461. The summed E-state index contributed by atoms with van der Waals surface area (Å²) in [4.78, 5) is 30.7. The third-order valence-electron chi connectivity index (χ3n) is 2.07. The second-order valence-electron chi connectivity index (χ2n) is 3.69. The van der Waals surface area contributed by atoms with Crippen molar-refractivity contribution in [3.05, 3.63) is 11.9 Å². The van der Waals surface area contributed by atoms with Crippen molar-refractivity contribution >= 4 is 17.8 Å². The molecule has 1 aromatic heterocycles. The molecule has 0 unspecified atom stereocenters. The maximum atomic E-state index is 10.8. The fraction of sp³-hybridized carbons (Fsp3) is 0.455. The van der Waals surface area contributed by atoms with E-state index in [4.69, 9.17) is 14.9 Å². The zero-order chi connectivity index (χ0) is 14.4. The predicted molar refractivity (Wildman–Crippen MR) is 65.4 cm³/mol. The van der Waals surface area contributed by atoms with Gasteiger partial charge in [-0.1, -0.05) is 0 Å². The highest BCUT2D eigenvalue weighted by Crippen LogP contribution is 2.17. The molecule has 0 saturated heterocycles. The lowest BCUT2D eigenvalue weighted by molar-refractivity contribution is -0.136. The standard InChI is InChI=1S/C11H15N3O5/c1-3-19-9-4-8(12-7(2)13-9)14(5-10(15)16)6-11(17)18/h4H,3,5-6H2,1-2H3,(H,15,16)(H,17,18). The van der Waals surface area contributed by atoms with Crippen LogP contribution in [0.1, 0.15) is 12.7 Å². The largest absolute Gasteiger partial charge is 0.480 e. The summed E-state index contributed by atoms with van der Waals surface area (Å²) in [6, 6.07) is 1.42. The first-order valence-electron chi connectivity index (χ1n) is 5.59. The maximum Gasteiger partial charge on any atom is 0.323 e. The van der Waals surface area contributed by atoms with E-state index in [0.29, 0.717) is 12.4 Å². The predicted octanol–water partition coefficient (Wildman–Crippen LogP) is 0.159. The Morgan fingerprint density at radius 3 is 2.32 bits per heavy atom. The van der Waals surface area contributed by atoms with Gasteiger partial charge in [-0.25, -0.2) is 4.98 Å². The molecule has 8 heteroatoms. The van der Waals surface area contributed by atoms with E-state index in [0.717, 1.165) is 4.90 Å². The number of aromatic nitrogens is 2. The molecule has 0 amide bonds. The van der Waals surface area contributed by atoms with Gasteiger partial charge in [0.05, 0.1) is 6.61 Å². The van der Waals surface area contributed by atoms with E-state index in [-0.39, 0.29) is 11.7 Å². The van der Waals surface area contributed by atoms with E-state index in [2.05, 4.69) is 9.97 Å². The maximum absolute atomic E-state index is 10.8. The molecule has 0 aliphatic carbocycles. The fourth-order valence-corrected chi connectivity index (χ4v) is 1.45. The molecule has 0 spiro atoms. The lowest BCUT2D eigenvalue weighted by atomic mass is 10.4. The van der Waals surface area contributed by atoms with Gasteiger partial charge >= 0.3 is 11.9 Å². The summed E-state index contributed by atoms with van der Waals surface area (Å²) in [6.07, 6.45) is 0. The average Bonchev–Trinajstić information content (AvgIpc) is 2.26. The minimum absolute atomic E-state index is 0.209. The molecule has 0 atom stereocenters. The van der Waals surface area contributed by atoms with E-state index in [9.17, 15) is 9.59 Å². The van der Waals surface area contributed by atoms with Crippen LogP contribution in [0.5, 0.6) is 5.88 Å². The molecule has 0 aliphatic rings. The molecule has 0 aliphatic heterocycles. The number of hydrogen-bond acceptors (Lipinski definition) is 6. The number of rotatable bonds is 7. The normalized spacial score (nSPS) is 10.0. The van der Waals surface area contributed by atoms with E-state index in [1.807, 2.05) is 0 Å². The number of hydrogen-bond donors (Lipinski definition) is 2. The van der Waals surface area contributed by atoms with E-state index in [1.165, 1.54) is 6.07 Å². The number of carbonyl (C=O) groups is 2. The first kappa shape index (κ1) is 14.7. The molecule has 0 fully saturated rings. The number of carboxylic acids is 2. The zero-order valence-corrected chi connectivity index (χ0v) is 10.7. The molecule has 0 saturated carbocycles. The lowest BCUT2D eigenvalue weighted by Crippen LogP contribution is -2.35. The Hall–Kier alpha value is -2.38. The summed E-state index contributed by atoms with van der Waals surface area (Å²) in [5.41, 5.74) is 0. The summed E-state index contributed by atoms with van der Waals surface area (Å²) in [6.45, 7) is 2.87. The third kappa shape index (κ3) is 4.78. The second kappa shape index (κ2) is 6.53. The van der Waals surface area contributed by atoms with Crippen molar-refractivity contribution in [3.63, 3.8) is 0 Å². The van der Waals surface area contributed by atoms with Crippen LogP contribution in [0.3, 0.4) is 0 Å². The SMILES string of the molecule is CCOc1cc(N(CC(=O)O)CC(=O)O)nc(C)n1. The van der Waals surface area contributed by atoms with Crippen LogP contribution in [0.15, 0.2) is 6.07 Å². The molecule has 2 N–H and O–H groups in total. The minimum Gasteiger partial charge on any atom is -0.480 e. The quantitative estimate of drug-likeness (QED) is 0.719. The molecule has 8 nitrogen and oxygen atoms in total. The number of carboxylic acid groups (broad SMARTS) is 2. The topological polar surface area (TPSA) is 113 Å². The molecule has 0 aromatic carbocycles. The Morgan fingerprint density at radius 1 is 1.26 bits per heavy atom. The van der Waals surface area contributed by atoms with Crippen molar-refractivity contribution in [2.75, 3.05) is 24.6 Å². The monoisotopic (exact) mass is 269 g/mol. The van der Waals surface area contributed by atoms with Gasteiger partial charge in [0.25, 0.3) is 0 Å². The zero-order valence-electron chi connectivity index (χ0n) is 10.7. The molecule has 1 rings (SSSR count). The number of aryl methyl sites for hydroxylation is 1. The highest BCUT2D eigenvalue weighted by Gasteiger charge is 2.17. The van der Waals surface area contributed by atoms with Gasteiger partial charge in [0, 0.05) is 6.07 Å². The summed E-state index contributed by atoms with van der Waals surface area (Å²) < 4.78 is 5.21. The van der Waals surface area contributed by atoms with Gasteiger partial charge in [0.2, 0.25) is 5.88 Å². The Kier molecular flexibility index (Phi) is 5.04. The first-order valence-corrected chi connectivity index (χ1v) is 5.59. The molecular weight excluding hydrogens is 254 g/mol. The van der Waals surface area contributed by atoms with Crippen LogP contribution in [0.25, 0.3) is 0 Å². The number of aliphatic carboxylic acids is 2. The Balaban J connectivity index is 3.05. The summed E-state index contributed by atoms with van der Waals surface area (Å²) in [5.74, 6) is -1.42. The van der Waals surface area contributed by atoms with Gasteiger partial charge in [0.1, 0.15) is 24.7 Å². The molecule has 0 bridgehead atoms. The number of ether oxygens (including phenoxy) is 1. The van der Waals surface area contributed by atoms with Crippen LogP contribution in [0.4, 0.5) is 5.82 Å². The van der Waals surface area contributed by atoms with Crippen LogP contribution in [0, 0.1) is 6.92 Å². The van der Waals surface area contributed by atoms with Crippen molar-refractivity contribution in [3.8, 4) is 5.88 Å². The van der Waals surface area contributed by atoms with E-state index in [1.54, 1.807) is 13.8 Å². The van der Waals surface area contributed by atoms with Gasteiger partial charge in [0.15, 0.2) is 0 Å². The van der Waals surface area contributed by atoms with Gasteiger partial charge in [-0.15, -0.1) is 0 Å². The van der Waals surface area contributed by atoms with Crippen molar-refractivity contribution in [2.45, 2.75) is 13.8 Å². The fourth-order valence-electron chi connectivity index (χ4n) is 1.45. The van der Waals surface area contributed by atoms with Gasteiger partial charge < -0.3 is 19.8 Å². The minimum atomic E-state index is -1.14. The van der Waals surface area contributed by atoms with Crippen molar-refractivity contribution in [2.24, 2.45) is 0 Å². The smallest absolute Gasteiger partial charge is 0.323 e. The van der Waals surface area contributed by atoms with Crippen LogP contribution >= 0.6 is 0 Å².